The number of fused-ring (bicyclic) bond motifs is 2. The fourth-order valence-electron chi connectivity index (χ4n) is 5.13. The number of nitrogens with one attached hydrogen (secondary N) is 1. The van der Waals surface area contributed by atoms with Gasteiger partial charge in [0, 0.05) is 18.2 Å². The van der Waals surface area contributed by atoms with Crippen LogP contribution in [0.2, 0.25) is 0 Å². The third kappa shape index (κ3) is 3.58. The summed E-state index contributed by atoms with van der Waals surface area (Å²) < 4.78 is 0. The molecule has 1 aromatic rings. The first-order chi connectivity index (χ1) is 11.6. The first-order valence-electron chi connectivity index (χ1n) is 9.27. The van der Waals surface area contributed by atoms with Crippen LogP contribution >= 0.6 is 0 Å². The van der Waals surface area contributed by atoms with E-state index >= 15 is 0 Å². The maximum absolute atomic E-state index is 13.0. The number of amides is 2. The fourth-order valence-corrected chi connectivity index (χ4v) is 5.13. The molecule has 25 heavy (non-hydrogen) atoms. The molecule has 2 aliphatic rings. The number of benzene rings is 1. The molecule has 3 unspecified atom stereocenters. The zero-order valence-corrected chi connectivity index (χ0v) is 16.1. The van der Waals surface area contributed by atoms with Crippen LogP contribution in [0, 0.1) is 17.8 Å². The molecule has 1 N–H and O–H groups in total. The molecule has 136 valence electrons. The number of hydrogen-bond acceptors (Lipinski definition) is 2. The van der Waals surface area contributed by atoms with Gasteiger partial charge < -0.3 is 10.2 Å². The highest BCUT2D eigenvalue weighted by Crippen LogP contribution is 2.52. The van der Waals surface area contributed by atoms with Crippen LogP contribution in [-0.4, -0.2) is 35.3 Å². The standard InChI is InChI=1S/C21H30N2O2/c1-14-8-6-7-9-17(14)18(24)22-15(2)19(25)23-13-21(5)11-16(23)10-20(3,4)12-21/h6-9,15-16H,10-13H2,1-5H3,(H,22,24). The van der Waals surface area contributed by atoms with Crippen molar-refractivity contribution < 1.29 is 9.59 Å². The van der Waals surface area contributed by atoms with Crippen LogP contribution in [0.1, 0.15) is 62.9 Å². The predicted molar refractivity (Wildman–Crippen MR) is 99.3 cm³/mol. The second kappa shape index (κ2) is 6.15. The average Bonchev–Trinajstić information content (AvgIpc) is 2.75. The van der Waals surface area contributed by atoms with Gasteiger partial charge >= 0.3 is 0 Å². The number of carbonyl (C=O) groups is 2. The number of likely N-dealkylation sites (tertiary alicyclic amines) is 1. The molecule has 0 radical (unpaired) electrons. The Morgan fingerprint density at radius 1 is 1.20 bits per heavy atom. The van der Waals surface area contributed by atoms with Crippen molar-refractivity contribution in [1.82, 2.24) is 10.2 Å². The monoisotopic (exact) mass is 342 g/mol. The zero-order chi connectivity index (χ0) is 18.4. The smallest absolute Gasteiger partial charge is 0.252 e. The molecule has 1 aromatic carbocycles. The van der Waals surface area contributed by atoms with E-state index < -0.39 is 6.04 Å². The van der Waals surface area contributed by atoms with E-state index in [0.29, 0.717) is 11.6 Å². The number of aryl methyl sites for hydroxylation is 1. The van der Waals surface area contributed by atoms with Crippen molar-refractivity contribution in [2.24, 2.45) is 10.8 Å². The molecule has 3 atom stereocenters. The fraction of sp³-hybridized carbons (Fsp3) is 0.619. The highest BCUT2D eigenvalue weighted by atomic mass is 16.2. The van der Waals surface area contributed by atoms with Gasteiger partial charge in [-0.1, -0.05) is 39.0 Å². The first kappa shape index (κ1) is 18.0. The van der Waals surface area contributed by atoms with Gasteiger partial charge in [0.25, 0.3) is 5.91 Å². The van der Waals surface area contributed by atoms with Crippen molar-refractivity contribution in [3.8, 4) is 0 Å². The molecule has 4 nitrogen and oxygen atoms in total. The van der Waals surface area contributed by atoms with Crippen molar-refractivity contribution in [2.75, 3.05) is 6.54 Å². The SMILES string of the molecule is Cc1ccccc1C(=O)NC(C)C(=O)N1CC2(C)CC1CC(C)(C)C2. The van der Waals surface area contributed by atoms with Crippen LogP contribution in [0.5, 0.6) is 0 Å². The molecule has 4 heteroatoms. The average molecular weight is 342 g/mol. The third-order valence-electron chi connectivity index (χ3n) is 5.81. The summed E-state index contributed by atoms with van der Waals surface area (Å²) >= 11 is 0. The zero-order valence-electron chi connectivity index (χ0n) is 16.1. The second-order valence-electron chi connectivity index (χ2n) is 9.19. The Labute approximate surface area is 151 Å². The lowest BCUT2D eigenvalue weighted by Crippen LogP contribution is -2.49. The predicted octanol–water partition coefficient (Wildman–Crippen LogP) is 3.54. The molecule has 0 spiro atoms. The van der Waals surface area contributed by atoms with Gasteiger partial charge in [-0.3, -0.25) is 9.59 Å². The summed E-state index contributed by atoms with van der Waals surface area (Å²) in [5, 5.41) is 2.90. The van der Waals surface area contributed by atoms with Crippen molar-refractivity contribution in [1.29, 1.82) is 0 Å². The molecular weight excluding hydrogens is 312 g/mol. The number of rotatable bonds is 3. The number of hydrogen-bond donors (Lipinski definition) is 1. The molecule has 1 saturated heterocycles. The molecule has 2 fully saturated rings. The minimum atomic E-state index is -0.502. The topological polar surface area (TPSA) is 49.4 Å². The summed E-state index contributed by atoms with van der Waals surface area (Å²) in [7, 11) is 0. The third-order valence-corrected chi connectivity index (χ3v) is 5.81. The number of nitrogens with zero attached hydrogens (tertiary/aromatic N) is 1. The molecule has 1 aliphatic carbocycles. The Bertz CT molecular complexity index is 697. The second-order valence-corrected chi connectivity index (χ2v) is 9.19. The summed E-state index contributed by atoms with van der Waals surface area (Å²) in [6, 6.07) is 7.27. The normalized spacial score (nSPS) is 28.5. The van der Waals surface area contributed by atoms with Crippen LogP contribution in [0.25, 0.3) is 0 Å². The van der Waals surface area contributed by atoms with Crippen molar-refractivity contribution >= 4 is 11.8 Å². The van der Waals surface area contributed by atoms with Crippen molar-refractivity contribution in [3.63, 3.8) is 0 Å². The lowest BCUT2D eigenvalue weighted by atomic mass is 9.65. The number of carbonyl (C=O) groups excluding carboxylic acids is 2. The summed E-state index contributed by atoms with van der Waals surface area (Å²) in [6.07, 6.45) is 3.29. The molecule has 1 saturated carbocycles. The first-order valence-corrected chi connectivity index (χ1v) is 9.27. The summed E-state index contributed by atoms with van der Waals surface area (Å²) in [5.74, 6) is -0.124. The molecular formula is C21H30N2O2. The Morgan fingerprint density at radius 2 is 1.88 bits per heavy atom. The van der Waals surface area contributed by atoms with Gasteiger partial charge in [-0.2, -0.15) is 0 Å². The molecule has 1 heterocycles. The van der Waals surface area contributed by atoms with E-state index in [1.807, 2.05) is 30.0 Å². The van der Waals surface area contributed by atoms with Gasteiger partial charge in [-0.25, -0.2) is 0 Å². The van der Waals surface area contributed by atoms with Gasteiger partial charge in [0.05, 0.1) is 0 Å². The van der Waals surface area contributed by atoms with Gasteiger partial charge in [0.2, 0.25) is 5.91 Å². The lowest BCUT2D eigenvalue weighted by Gasteiger charge is -2.39. The van der Waals surface area contributed by atoms with E-state index in [2.05, 4.69) is 26.1 Å². The Kier molecular flexibility index (Phi) is 4.42. The van der Waals surface area contributed by atoms with E-state index in [-0.39, 0.29) is 22.6 Å². The van der Waals surface area contributed by atoms with E-state index in [1.54, 1.807) is 13.0 Å². The Balaban J connectivity index is 1.69. The minimum Gasteiger partial charge on any atom is -0.341 e. The largest absolute Gasteiger partial charge is 0.341 e. The minimum absolute atomic E-state index is 0.0494. The maximum atomic E-state index is 13.0. The van der Waals surface area contributed by atoms with Crippen LogP contribution in [0.3, 0.4) is 0 Å². The van der Waals surface area contributed by atoms with E-state index in [0.717, 1.165) is 31.4 Å². The maximum Gasteiger partial charge on any atom is 0.252 e. The van der Waals surface area contributed by atoms with E-state index in [9.17, 15) is 9.59 Å². The van der Waals surface area contributed by atoms with Crippen LogP contribution < -0.4 is 5.32 Å². The summed E-state index contributed by atoms with van der Waals surface area (Å²) in [4.78, 5) is 27.5. The van der Waals surface area contributed by atoms with E-state index in [1.165, 1.54) is 0 Å². The van der Waals surface area contributed by atoms with Gasteiger partial charge in [-0.15, -0.1) is 0 Å². The van der Waals surface area contributed by atoms with Crippen LogP contribution in [0.4, 0.5) is 0 Å². The quantitative estimate of drug-likeness (QED) is 0.913. The Hall–Kier alpha value is -1.84. The molecule has 1 aliphatic heterocycles. The molecule has 0 aromatic heterocycles. The van der Waals surface area contributed by atoms with Gasteiger partial charge in [-0.05, 0) is 55.6 Å². The van der Waals surface area contributed by atoms with Gasteiger partial charge in [0.15, 0.2) is 0 Å². The lowest BCUT2D eigenvalue weighted by molar-refractivity contribution is -0.134. The van der Waals surface area contributed by atoms with Crippen LogP contribution in [-0.2, 0) is 4.79 Å². The molecule has 2 bridgehead atoms. The molecule has 2 amide bonds. The van der Waals surface area contributed by atoms with Crippen LogP contribution in [0.15, 0.2) is 24.3 Å². The highest BCUT2D eigenvalue weighted by Gasteiger charge is 2.51. The molecule has 3 rings (SSSR count). The highest BCUT2D eigenvalue weighted by molar-refractivity contribution is 5.98. The summed E-state index contributed by atoms with van der Waals surface area (Å²) in [6.45, 7) is 11.4. The van der Waals surface area contributed by atoms with Crippen molar-refractivity contribution in [3.05, 3.63) is 35.4 Å². The van der Waals surface area contributed by atoms with Crippen molar-refractivity contribution in [2.45, 2.75) is 66.0 Å². The summed E-state index contributed by atoms with van der Waals surface area (Å²) in [5.41, 5.74) is 2.05. The van der Waals surface area contributed by atoms with E-state index in [4.69, 9.17) is 0 Å². The van der Waals surface area contributed by atoms with Gasteiger partial charge in [0.1, 0.15) is 6.04 Å². The Morgan fingerprint density at radius 3 is 2.56 bits per heavy atom.